The lowest BCUT2D eigenvalue weighted by molar-refractivity contribution is 0.172. The summed E-state index contributed by atoms with van der Waals surface area (Å²) in [6.45, 7) is 9.34. The predicted molar refractivity (Wildman–Crippen MR) is 99.0 cm³/mol. The molecule has 1 N–H and O–H groups in total. The number of aryl methyl sites for hydroxylation is 1. The molecule has 0 aromatic heterocycles. The van der Waals surface area contributed by atoms with Crippen LogP contribution in [0, 0.1) is 12.8 Å². The summed E-state index contributed by atoms with van der Waals surface area (Å²) in [5.74, 6) is 1.62. The summed E-state index contributed by atoms with van der Waals surface area (Å²) < 4.78 is 0. The standard InChI is InChI=1S/C21H34N2/c1-3-23-15-20(19-11-9-17(2)10-12-19)13-21(16-23)22-14-18-7-5-4-6-8-18/h9-12,18,20-22H,3-8,13-16H2,1-2H3. The van der Waals surface area contributed by atoms with Gasteiger partial charge in [-0.3, -0.25) is 0 Å². The van der Waals surface area contributed by atoms with Gasteiger partial charge in [0.25, 0.3) is 0 Å². The van der Waals surface area contributed by atoms with Crippen molar-refractivity contribution in [3.8, 4) is 0 Å². The molecule has 128 valence electrons. The molecule has 1 aromatic rings. The lowest BCUT2D eigenvalue weighted by Gasteiger charge is -2.39. The summed E-state index contributed by atoms with van der Waals surface area (Å²) in [6.07, 6.45) is 8.54. The van der Waals surface area contributed by atoms with Gasteiger partial charge in [0.2, 0.25) is 0 Å². The summed E-state index contributed by atoms with van der Waals surface area (Å²) >= 11 is 0. The first-order valence-corrected chi connectivity index (χ1v) is 9.77. The molecular weight excluding hydrogens is 280 g/mol. The molecule has 2 fully saturated rings. The van der Waals surface area contributed by atoms with Crippen molar-refractivity contribution in [3.63, 3.8) is 0 Å². The van der Waals surface area contributed by atoms with Crippen LogP contribution in [0.3, 0.4) is 0 Å². The van der Waals surface area contributed by atoms with Gasteiger partial charge in [0.05, 0.1) is 0 Å². The van der Waals surface area contributed by atoms with E-state index in [0.717, 1.165) is 5.92 Å². The van der Waals surface area contributed by atoms with Crippen molar-refractivity contribution in [2.45, 2.75) is 64.3 Å². The van der Waals surface area contributed by atoms with Crippen LogP contribution in [0.5, 0.6) is 0 Å². The van der Waals surface area contributed by atoms with Crippen LogP contribution in [0.1, 0.15) is 62.5 Å². The molecule has 2 nitrogen and oxygen atoms in total. The van der Waals surface area contributed by atoms with Crippen molar-refractivity contribution in [1.82, 2.24) is 10.2 Å². The fourth-order valence-electron chi connectivity index (χ4n) is 4.40. The summed E-state index contributed by atoms with van der Waals surface area (Å²) in [5.41, 5.74) is 2.89. The van der Waals surface area contributed by atoms with Crippen LogP contribution in [-0.4, -0.2) is 37.1 Å². The number of nitrogens with zero attached hydrogens (tertiary/aromatic N) is 1. The van der Waals surface area contributed by atoms with Gasteiger partial charge in [0.15, 0.2) is 0 Å². The van der Waals surface area contributed by atoms with Crippen LogP contribution in [0.25, 0.3) is 0 Å². The molecule has 1 saturated heterocycles. The third-order valence-corrected chi connectivity index (χ3v) is 5.94. The van der Waals surface area contributed by atoms with E-state index >= 15 is 0 Å². The Labute approximate surface area is 142 Å². The summed E-state index contributed by atoms with van der Waals surface area (Å²) in [7, 11) is 0. The maximum atomic E-state index is 3.93. The average molecular weight is 315 g/mol. The van der Waals surface area contributed by atoms with E-state index in [1.54, 1.807) is 0 Å². The van der Waals surface area contributed by atoms with Crippen molar-refractivity contribution in [2.24, 2.45) is 5.92 Å². The second-order valence-corrected chi connectivity index (χ2v) is 7.80. The molecule has 2 heteroatoms. The Morgan fingerprint density at radius 1 is 1.04 bits per heavy atom. The van der Waals surface area contributed by atoms with Gasteiger partial charge in [-0.2, -0.15) is 0 Å². The number of benzene rings is 1. The van der Waals surface area contributed by atoms with Crippen molar-refractivity contribution >= 4 is 0 Å². The summed E-state index contributed by atoms with van der Waals surface area (Å²) in [6, 6.07) is 9.89. The summed E-state index contributed by atoms with van der Waals surface area (Å²) in [4.78, 5) is 2.63. The second-order valence-electron chi connectivity index (χ2n) is 7.80. The molecule has 2 unspecified atom stereocenters. The Hall–Kier alpha value is -0.860. The number of likely N-dealkylation sites (tertiary alicyclic amines) is 1. The number of hydrogen-bond acceptors (Lipinski definition) is 2. The van der Waals surface area contributed by atoms with E-state index < -0.39 is 0 Å². The topological polar surface area (TPSA) is 15.3 Å². The zero-order valence-corrected chi connectivity index (χ0v) is 15.1. The third-order valence-electron chi connectivity index (χ3n) is 5.94. The molecule has 23 heavy (non-hydrogen) atoms. The van der Waals surface area contributed by atoms with E-state index in [4.69, 9.17) is 0 Å². The molecule has 0 amide bonds. The number of piperidine rings is 1. The lowest BCUT2D eigenvalue weighted by atomic mass is 9.86. The Morgan fingerprint density at radius 2 is 1.78 bits per heavy atom. The molecule has 1 aromatic carbocycles. The van der Waals surface area contributed by atoms with Crippen molar-refractivity contribution in [3.05, 3.63) is 35.4 Å². The summed E-state index contributed by atoms with van der Waals surface area (Å²) in [5, 5.41) is 3.93. The van der Waals surface area contributed by atoms with Gasteiger partial charge in [-0.25, -0.2) is 0 Å². The Bertz CT molecular complexity index is 461. The normalized spacial score (nSPS) is 27.2. The smallest absolute Gasteiger partial charge is 0.0201 e. The number of rotatable bonds is 5. The first kappa shape index (κ1) is 17.0. The minimum absolute atomic E-state index is 0.664. The highest BCUT2D eigenvalue weighted by Crippen LogP contribution is 2.28. The Balaban J connectivity index is 1.57. The molecule has 2 atom stereocenters. The van der Waals surface area contributed by atoms with E-state index in [1.807, 2.05) is 0 Å². The number of hydrogen-bond donors (Lipinski definition) is 1. The molecule has 1 saturated carbocycles. The van der Waals surface area contributed by atoms with Crippen LogP contribution in [0.15, 0.2) is 24.3 Å². The monoisotopic (exact) mass is 314 g/mol. The number of nitrogens with one attached hydrogen (secondary N) is 1. The highest BCUT2D eigenvalue weighted by molar-refractivity contribution is 5.25. The quantitative estimate of drug-likeness (QED) is 0.869. The van der Waals surface area contributed by atoms with Gasteiger partial charge in [-0.05, 0) is 56.7 Å². The molecule has 0 radical (unpaired) electrons. The molecule has 2 aliphatic rings. The molecule has 0 spiro atoms. The van der Waals surface area contributed by atoms with Gasteiger partial charge < -0.3 is 10.2 Å². The molecular formula is C21H34N2. The zero-order chi connectivity index (χ0) is 16.1. The van der Waals surface area contributed by atoms with Gasteiger partial charge in [0, 0.05) is 19.1 Å². The van der Waals surface area contributed by atoms with Gasteiger partial charge in [0.1, 0.15) is 0 Å². The SMILES string of the molecule is CCN1CC(NCC2CCCCC2)CC(c2ccc(C)cc2)C1. The molecule has 1 aliphatic heterocycles. The molecule has 3 rings (SSSR count). The van der Waals surface area contributed by atoms with E-state index in [1.165, 1.54) is 75.8 Å². The number of likely N-dealkylation sites (N-methyl/N-ethyl adjacent to an activating group) is 1. The van der Waals surface area contributed by atoms with Gasteiger partial charge >= 0.3 is 0 Å². The maximum absolute atomic E-state index is 3.93. The minimum Gasteiger partial charge on any atom is -0.312 e. The van der Waals surface area contributed by atoms with Crippen molar-refractivity contribution in [2.75, 3.05) is 26.2 Å². The molecule has 0 bridgehead atoms. The van der Waals surface area contributed by atoms with E-state index in [2.05, 4.69) is 48.3 Å². The fourth-order valence-corrected chi connectivity index (χ4v) is 4.40. The first-order chi connectivity index (χ1) is 11.2. The average Bonchev–Trinajstić information content (AvgIpc) is 2.61. The van der Waals surface area contributed by atoms with Crippen LogP contribution in [-0.2, 0) is 0 Å². The van der Waals surface area contributed by atoms with E-state index in [9.17, 15) is 0 Å². The zero-order valence-electron chi connectivity index (χ0n) is 15.1. The Kier molecular flexibility index (Phi) is 6.13. The third kappa shape index (κ3) is 4.81. The van der Waals surface area contributed by atoms with Gasteiger partial charge in [-0.15, -0.1) is 0 Å². The van der Waals surface area contributed by atoms with Crippen LogP contribution in [0.4, 0.5) is 0 Å². The van der Waals surface area contributed by atoms with Crippen LogP contribution < -0.4 is 5.32 Å². The first-order valence-electron chi connectivity index (χ1n) is 9.77. The lowest BCUT2D eigenvalue weighted by Crippen LogP contribution is -2.49. The van der Waals surface area contributed by atoms with Crippen LogP contribution >= 0.6 is 0 Å². The largest absolute Gasteiger partial charge is 0.312 e. The van der Waals surface area contributed by atoms with Crippen LogP contribution in [0.2, 0.25) is 0 Å². The molecule has 1 heterocycles. The maximum Gasteiger partial charge on any atom is 0.0201 e. The Morgan fingerprint density at radius 3 is 2.48 bits per heavy atom. The minimum atomic E-state index is 0.664. The van der Waals surface area contributed by atoms with E-state index in [0.29, 0.717) is 12.0 Å². The van der Waals surface area contributed by atoms with Gasteiger partial charge in [-0.1, -0.05) is 56.0 Å². The van der Waals surface area contributed by atoms with E-state index in [-0.39, 0.29) is 0 Å². The predicted octanol–water partition coefficient (Wildman–Crippen LogP) is 4.34. The highest BCUT2D eigenvalue weighted by atomic mass is 15.2. The van der Waals surface area contributed by atoms with Crippen molar-refractivity contribution in [1.29, 1.82) is 0 Å². The molecule has 1 aliphatic carbocycles. The fraction of sp³-hybridized carbons (Fsp3) is 0.714. The highest BCUT2D eigenvalue weighted by Gasteiger charge is 2.27. The van der Waals surface area contributed by atoms with Crippen molar-refractivity contribution < 1.29 is 0 Å². The second kappa shape index (κ2) is 8.30.